The van der Waals surface area contributed by atoms with Gasteiger partial charge in [-0.2, -0.15) is 10.5 Å². The summed E-state index contributed by atoms with van der Waals surface area (Å²) in [5.41, 5.74) is 1.69. The standard InChI is InChI=1S/C29H23N3O2S/c1-34-22-11-7-21(8-12-22)27(33)26-25(20-9-13-23(35-2)14-10-20)29(17-30,18-31)28-24-6-4-3-5-19(24)15-16-32(26)28/h3-16,25-26,28H,1-2H3. The van der Waals surface area contributed by atoms with Crippen molar-refractivity contribution in [3.63, 3.8) is 0 Å². The summed E-state index contributed by atoms with van der Waals surface area (Å²) < 4.78 is 5.26. The van der Waals surface area contributed by atoms with Gasteiger partial charge in [0.25, 0.3) is 0 Å². The van der Waals surface area contributed by atoms with Crippen molar-refractivity contribution in [1.29, 1.82) is 10.5 Å². The summed E-state index contributed by atoms with van der Waals surface area (Å²) in [6.45, 7) is 0. The maximum atomic E-state index is 14.1. The number of nitriles is 2. The van der Waals surface area contributed by atoms with Gasteiger partial charge in [-0.15, -0.1) is 11.8 Å². The highest BCUT2D eigenvalue weighted by molar-refractivity contribution is 7.98. The van der Waals surface area contributed by atoms with Crippen molar-refractivity contribution < 1.29 is 9.53 Å². The van der Waals surface area contributed by atoms with Crippen LogP contribution in [0.25, 0.3) is 6.08 Å². The third-order valence-corrected chi connectivity index (χ3v) is 7.81. The number of carbonyl (C=O) groups is 1. The first-order valence-electron chi connectivity index (χ1n) is 11.3. The van der Waals surface area contributed by atoms with Gasteiger partial charge in [-0.1, -0.05) is 36.4 Å². The van der Waals surface area contributed by atoms with Crippen LogP contribution in [0.2, 0.25) is 0 Å². The number of methoxy groups -OCH3 is 1. The van der Waals surface area contributed by atoms with Crippen molar-refractivity contribution >= 4 is 23.6 Å². The fraction of sp³-hybridized carbons (Fsp3) is 0.207. The molecule has 2 aliphatic rings. The maximum Gasteiger partial charge on any atom is 0.185 e. The van der Waals surface area contributed by atoms with E-state index in [-0.39, 0.29) is 5.78 Å². The Kier molecular flexibility index (Phi) is 5.84. The van der Waals surface area contributed by atoms with Gasteiger partial charge in [0.2, 0.25) is 0 Å². The van der Waals surface area contributed by atoms with Crippen molar-refractivity contribution in [2.24, 2.45) is 5.41 Å². The van der Waals surface area contributed by atoms with Crippen LogP contribution < -0.4 is 4.74 Å². The summed E-state index contributed by atoms with van der Waals surface area (Å²) in [4.78, 5) is 17.1. The van der Waals surface area contributed by atoms with Gasteiger partial charge in [0.1, 0.15) is 11.8 Å². The van der Waals surface area contributed by atoms with Crippen LogP contribution in [-0.4, -0.2) is 30.1 Å². The number of thioether (sulfide) groups is 1. The molecule has 6 heteroatoms. The van der Waals surface area contributed by atoms with E-state index in [0.717, 1.165) is 21.6 Å². The maximum absolute atomic E-state index is 14.1. The molecule has 3 atom stereocenters. The number of fused-ring (bicyclic) bond motifs is 3. The number of ether oxygens (including phenoxy) is 1. The third-order valence-electron chi connectivity index (χ3n) is 7.06. The van der Waals surface area contributed by atoms with Gasteiger partial charge in [0, 0.05) is 22.6 Å². The Balaban J connectivity index is 1.73. The molecule has 1 fully saturated rings. The Morgan fingerprint density at radius 1 is 1.00 bits per heavy atom. The summed E-state index contributed by atoms with van der Waals surface area (Å²) in [5.74, 6) is -0.123. The molecule has 0 saturated carbocycles. The van der Waals surface area contributed by atoms with Crippen molar-refractivity contribution in [2.75, 3.05) is 13.4 Å². The molecule has 5 rings (SSSR count). The Hall–Kier alpha value is -4.00. The molecule has 0 radical (unpaired) electrons. The van der Waals surface area contributed by atoms with Crippen LogP contribution >= 0.6 is 11.8 Å². The van der Waals surface area contributed by atoms with Crippen LogP contribution in [0.15, 0.2) is 83.9 Å². The first-order chi connectivity index (χ1) is 17.1. The van der Waals surface area contributed by atoms with Crippen molar-refractivity contribution in [3.05, 3.63) is 101 Å². The lowest BCUT2D eigenvalue weighted by Gasteiger charge is -2.34. The zero-order valence-electron chi connectivity index (χ0n) is 19.4. The molecule has 5 nitrogen and oxygen atoms in total. The number of hydrogen-bond donors (Lipinski definition) is 0. The molecule has 0 bridgehead atoms. The molecule has 0 spiro atoms. The fourth-order valence-corrected chi connectivity index (χ4v) is 5.81. The van der Waals surface area contributed by atoms with Gasteiger partial charge in [-0.25, -0.2) is 0 Å². The van der Waals surface area contributed by atoms with Gasteiger partial charge in [0.15, 0.2) is 11.2 Å². The predicted octanol–water partition coefficient (Wildman–Crippen LogP) is 5.83. The van der Waals surface area contributed by atoms with E-state index in [0.29, 0.717) is 11.3 Å². The highest BCUT2D eigenvalue weighted by Crippen LogP contribution is 2.60. The van der Waals surface area contributed by atoms with Gasteiger partial charge in [-0.3, -0.25) is 4.79 Å². The molecular weight excluding hydrogens is 454 g/mol. The lowest BCUT2D eigenvalue weighted by Crippen LogP contribution is -2.37. The molecule has 0 aliphatic carbocycles. The average Bonchev–Trinajstić information content (AvgIpc) is 3.23. The number of carbonyl (C=O) groups excluding carboxylic acids is 1. The number of hydrogen-bond acceptors (Lipinski definition) is 6. The summed E-state index contributed by atoms with van der Waals surface area (Å²) in [6, 6.07) is 26.1. The zero-order valence-corrected chi connectivity index (χ0v) is 20.2. The SMILES string of the molecule is COc1ccc(C(=O)C2C(c3ccc(SC)cc3)C(C#N)(C#N)C3c4ccccc4C=CN23)cc1. The largest absolute Gasteiger partial charge is 0.497 e. The number of ketones is 1. The Morgan fingerprint density at radius 3 is 2.31 bits per heavy atom. The molecule has 0 N–H and O–H groups in total. The van der Waals surface area contributed by atoms with Gasteiger partial charge in [0.05, 0.1) is 25.3 Å². The molecule has 3 aromatic rings. The molecule has 0 amide bonds. The van der Waals surface area contributed by atoms with Crippen LogP contribution in [0.5, 0.6) is 5.75 Å². The van der Waals surface area contributed by atoms with Crippen LogP contribution in [0.1, 0.15) is 39.0 Å². The van der Waals surface area contributed by atoms with Crippen molar-refractivity contribution in [2.45, 2.75) is 22.9 Å². The minimum absolute atomic E-state index is 0.131. The summed E-state index contributed by atoms with van der Waals surface area (Å²) >= 11 is 1.62. The molecule has 35 heavy (non-hydrogen) atoms. The van der Waals surface area contributed by atoms with E-state index in [2.05, 4.69) is 12.1 Å². The zero-order chi connectivity index (χ0) is 24.6. The molecule has 1 saturated heterocycles. The molecule has 3 unspecified atom stereocenters. The summed E-state index contributed by atoms with van der Waals surface area (Å²) in [5, 5.41) is 21.2. The first kappa shape index (κ1) is 22.8. The smallest absolute Gasteiger partial charge is 0.185 e. The van der Waals surface area contributed by atoms with Crippen molar-refractivity contribution in [1.82, 2.24) is 4.90 Å². The predicted molar refractivity (Wildman–Crippen MR) is 136 cm³/mol. The van der Waals surface area contributed by atoms with E-state index in [1.165, 1.54) is 0 Å². The molecule has 2 aliphatic heterocycles. The lowest BCUT2D eigenvalue weighted by molar-refractivity contribution is 0.0874. The number of Topliss-reactive ketones (excluding diaryl/α,β-unsaturated/α-hetero) is 1. The Labute approximate surface area is 209 Å². The van der Waals surface area contributed by atoms with E-state index >= 15 is 0 Å². The highest BCUT2D eigenvalue weighted by atomic mass is 32.2. The Morgan fingerprint density at radius 2 is 1.69 bits per heavy atom. The minimum atomic E-state index is -1.46. The summed E-state index contributed by atoms with van der Waals surface area (Å²) in [7, 11) is 1.58. The second-order valence-corrected chi connectivity index (χ2v) is 9.56. The second kappa shape index (κ2) is 8.98. The van der Waals surface area contributed by atoms with E-state index in [1.54, 1.807) is 43.1 Å². The van der Waals surface area contributed by atoms with Gasteiger partial charge < -0.3 is 9.64 Å². The first-order valence-corrected chi connectivity index (χ1v) is 12.5. The molecule has 2 heterocycles. The number of nitrogens with zero attached hydrogens (tertiary/aromatic N) is 3. The molecule has 0 aromatic heterocycles. The van der Waals surface area contributed by atoms with Gasteiger partial charge in [-0.05, 0) is 65.4 Å². The van der Waals surface area contributed by atoms with Gasteiger partial charge >= 0.3 is 0 Å². The minimum Gasteiger partial charge on any atom is -0.497 e. The molecular formula is C29H23N3O2S. The van der Waals surface area contributed by atoms with E-state index < -0.39 is 23.4 Å². The highest BCUT2D eigenvalue weighted by Gasteiger charge is 2.63. The fourth-order valence-electron chi connectivity index (χ4n) is 5.41. The quantitative estimate of drug-likeness (QED) is 0.340. The normalized spacial score (nSPS) is 21.4. The lowest BCUT2D eigenvalue weighted by atomic mass is 9.67. The average molecular weight is 478 g/mol. The van der Waals surface area contributed by atoms with Crippen LogP contribution in [-0.2, 0) is 0 Å². The molecule has 3 aromatic carbocycles. The topological polar surface area (TPSA) is 77.1 Å². The van der Waals surface area contributed by atoms with E-state index in [9.17, 15) is 15.3 Å². The molecule has 172 valence electrons. The van der Waals surface area contributed by atoms with Crippen molar-refractivity contribution in [3.8, 4) is 17.9 Å². The summed E-state index contributed by atoms with van der Waals surface area (Å²) in [6.07, 6.45) is 5.83. The van der Waals surface area contributed by atoms with E-state index in [1.807, 2.05) is 72.0 Å². The van der Waals surface area contributed by atoms with Crippen LogP contribution in [0, 0.1) is 28.1 Å². The van der Waals surface area contributed by atoms with Crippen LogP contribution in [0.4, 0.5) is 0 Å². The monoisotopic (exact) mass is 477 g/mol. The van der Waals surface area contributed by atoms with E-state index in [4.69, 9.17) is 4.74 Å². The van der Waals surface area contributed by atoms with Crippen LogP contribution in [0.3, 0.4) is 0 Å². The number of benzene rings is 3. The second-order valence-electron chi connectivity index (χ2n) is 8.68. The third kappa shape index (κ3) is 3.50. The Bertz CT molecular complexity index is 1370. The number of rotatable bonds is 5.